The molecule has 0 unspecified atom stereocenters. The standard InChI is InChI=1S/C25H28N2/c1-5-13-27-17-26-23-16-21(11-12-24(23)27)20-10-9-19(14-20)18-7-6-8-22(15-18)25(2,3)4/h6-9,11-12,14-17H,5,10,13H2,1-4H3. The molecule has 2 aromatic carbocycles. The summed E-state index contributed by atoms with van der Waals surface area (Å²) in [6.45, 7) is 10.0. The molecule has 138 valence electrons. The van der Waals surface area contributed by atoms with E-state index in [1.807, 2.05) is 6.33 Å². The summed E-state index contributed by atoms with van der Waals surface area (Å²) in [6.07, 6.45) is 8.75. The highest BCUT2D eigenvalue weighted by atomic mass is 15.0. The van der Waals surface area contributed by atoms with Gasteiger partial charge in [0.1, 0.15) is 0 Å². The molecular weight excluding hydrogens is 328 g/mol. The van der Waals surface area contributed by atoms with Crippen LogP contribution in [0.1, 0.15) is 57.2 Å². The third kappa shape index (κ3) is 3.49. The van der Waals surface area contributed by atoms with Crippen molar-refractivity contribution in [3.8, 4) is 0 Å². The molecule has 0 saturated heterocycles. The van der Waals surface area contributed by atoms with Crippen LogP contribution in [0.2, 0.25) is 0 Å². The highest BCUT2D eigenvalue weighted by Crippen LogP contribution is 2.34. The van der Waals surface area contributed by atoms with Crippen molar-refractivity contribution in [2.24, 2.45) is 0 Å². The lowest BCUT2D eigenvalue weighted by Gasteiger charge is -2.19. The van der Waals surface area contributed by atoms with Crippen LogP contribution < -0.4 is 0 Å². The molecule has 1 heterocycles. The number of aromatic nitrogens is 2. The number of aryl methyl sites for hydroxylation is 1. The molecule has 0 amide bonds. The predicted molar refractivity (Wildman–Crippen MR) is 116 cm³/mol. The molecule has 1 aliphatic rings. The minimum Gasteiger partial charge on any atom is -0.331 e. The maximum atomic E-state index is 4.60. The molecule has 3 aromatic rings. The highest BCUT2D eigenvalue weighted by molar-refractivity contribution is 5.91. The first-order chi connectivity index (χ1) is 13.0. The minimum absolute atomic E-state index is 0.171. The van der Waals surface area contributed by atoms with Crippen molar-refractivity contribution in [2.75, 3.05) is 0 Å². The Balaban J connectivity index is 1.63. The second kappa shape index (κ2) is 6.84. The molecular formula is C25H28N2. The van der Waals surface area contributed by atoms with Crippen molar-refractivity contribution in [2.45, 2.75) is 52.5 Å². The summed E-state index contributed by atoms with van der Waals surface area (Å²) in [6, 6.07) is 15.6. The number of rotatable bonds is 4. The van der Waals surface area contributed by atoms with Crippen molar-refractivity contribution in [1.29, 1.82) is 0 Å². The van der Waals surface area contributed by atoms with Gasteiger partial charge in [-0.25, -0.2) is 4.98 Å². The SMILES string of the molecule is CCCn1cnc2cc(C3=CC(c4cccc(C(C)(C)C)c4)=CC3)ccc21. The van der Waals surface area contributed by atoms with Crippen molar-refractivity contribution >= 4 is 22.2 Å². The van der Waals surface area contributed by atoms with Crippen molar-refractivity contribution in [1.82, 2.24) is 9.55 Å². The Morgan fingerprint density at radius 1 is 1.04 bits per heavy atom. The van der Waals surface area contributed by atoms with Gasteiger partial charge in [0, 0.05) is 6.54 Å². The number of hydrogen-bond acceptors (Lipinski definition) is 1. The predicted octanol–water partition coefficient (Wildman–Crippen LogP) is 6.61. The zero-order valence-corrected chi connectivity index (χ0v) is 16.8. The summed E-state index contributed by atoms with van der Waals surface area (Å²) >= 11 is 0. The lowest BCUT2D eigenvalue weighted by Crippen LogP contribution is -2.10. The van der Waals surface area contributed by atoms with Crippen molar-refractivity contribution in [3.63, 3.8) is 0 Å². The normalized spacial score (nSPS) is 14.5. The zero-order valence-electron chi connectivity index (χ0n) is 16.8. The molecule has 2 nitrogen and oxygen atoms in total. The number of benzene rings is 2. The van der Waals surface area contributed by atoms with E-state index in [2.05, 4.69) is 91.9 Å². The van der Waals surface area contributed by atoms with E-state index in [0.29, 0.717) is 0 Å². The highest BCUT2D eigenvalue weighted by Gasteiger charge is 2.16. The monoisotopic (exact) mass is 356 g/mol. The molecule has 0 atom stereocenters. The fourth-order valence-corrected chi connectivity index (χ4v) is 3.78. The molecule has 27 heavy (non-hydrogen) atoms. The van der Waals surface area contributed by atoms with E-state index in [-0.39, 0.29) is 5.41 Å². The molecule has 0 spiro atoms. The molecule has 0 radical (unpaired) electrons. The molecule has 1 aromatic heterocycles. The van der Waals surface area contributed by atoms with Crippen LogP contribution in [0, 0.1) is 0 Å². The van der Waals surface area contributed by atoms with Crippen LogP contribution in [-0.2, 0) is 12.0 Å². The van der Waals surface area contributed by atoms with Gasteiger partial charge in [0.2, 0.25) is 0 Å². The number of hydrogen-bond donors (Lipinski definition) is 0. The van der Waals surface area contributed by atoms with Crippen LogP contribution >= 0.6 is 0 Å². The first kappa shape index (κ1) is 17.8. The smallest absolute Gasteiger partial charge is 0.0958 e. The largest absolute Gasteiger partial charge is 0.331 e. The number of allylic oxidation sites excluding steroid dienone is 4. The summed E-state index contributed by atoms with van der Waals surface area (Å²) in [7, 11) is 0. The fourth-order valence-electron chi connectivity index (χ4n) is 3.78. The maximum Gasteiger partial charge on any atom is 0.0958 e. The third-order valence-electron chi connectivity index (χ3n) is 5.39. The lowest BCUT2D eigenvalue weighted by molar-refractivity contribution is 0.590. The maximum absolute atomic E-state index is 4.60. The molecule has 1 aliphatic carbocycles. The number of imidazole rings is 1. The van der Waals surface area contributed by atoms with Gasteiger partial charge in [-0.3, -0.25) is 0 Å². The second-order valence-corrected chi connectivity index (χ2v) is 8.51. The van der Waals surface area contributed by atoms with E-state index in [1.165, 1.54) is 33.4 Å². The summed E-state index contributed by atoms with van der Waals surface area (Å²) in [5.74, 6) is 0. The van der Waals surface area contributed by atoms with E-state index < -0.39 is 0 Å². The molecule has 0 bridgehead atoms. The Labute approximate surface area is 162 Å². The van der Waals surface area contributed by atoms with Crippen LogP contribution in [0.15, 0.2) is 60.9 Å². The van der Waals surface area contributed by atoms with Crippen LogP contribution in [0.4, 0.5) is 0 Å². The summed E-state index contributed by atoms with van der Waals surface area (Å²) < 4.78 is 2.24. The quantitative estimate of drug-likeness (QED) is 0.514. The molecule has 0 fully saturated rings. The van der Waals surface area contributed by atoms with Crippen LogP contribution in [-0.4, -0.2) is 9.55 Å². The summed E-state index contributed by atoms with van der Waals surface area (Å²) in [5, 5.41) is 0. The van der Waals surface area contributed by atoms with E-state index in [1.54, 1.807) is 0 Å². The summed E-state index contributed by atoms with van der Waals surface area (Å²) in [4.78, 5) is 4.60. The lowest BCUT2D eigenvalue weighted by atomic mass is 9.85. The number of nitrogens with zero attached hydrogens (tertiary/aromatic N) is 2. The first-order valence-electron chi connectivity index (χ1n) is 9.92. The van der Waals surface area contributed by atoms with Gasteiger partial charge in [-0.2, -0.15) is 0 Å². The first-order valence-corrected chi connectivity index (χ1v) is 9.92. The molecule has 2 heteroatoms. The van der Waals surface area contributed by atoms with Gasteiger partial charge in [-0.15, -0.1) is 0 Å². The van der Waals surface area contributed by atoms with Gasteiger partial charge in [0.15, 0.2) is 0 Å². The van der Waals surface area contributed by atoms with E-state index in [0.717, 1.165) is 24.9 Å². The number of fused-ring (bicyclic) bond motifs is 1. The summed E-state index contributed by atoms with van der Waals surface area (Å²) in [5.41, 5.74) is 9.16. The minimum atomic E-state index is 0.171. The average Bonchev–Trinajstić information content (AvgIpc) is 3.29. The van der Waals surface area contributed by atoms with Gasteiger partial charge in [-0.1, -0.05) is 70.2 Å². The van der Waals surface area contributed by atoms with Gasteiger partial charge >= 0.3 is 0 Å². The fraction of sp³-hybridized carbons (Fsp3) is 0.320. The van der Waals surface area contributed by atoms with E-state index in [4.69, 9.17) is 0 Å². The third-order valence-corrected chi connectivity index (χ3v) is 5.39. The van der Waals surface area contributed by atoms with Crippen molar-refractivity contribution in [3.05, 3.63) is 77.6 Å². The average molecular weight is 357 g/mol. The van der Waals surface area contributed by atoms with Gasteiger partial charge in [-0.05, 0) is 58.2 Å². The molecule has 0 N–H and O–H groups in total. The molecule has 0 aliphatic heterocycles. The van der Waals surface area contributed by atoms with Gasteiger partial charge < -0.3 is 4.57 Å². The van der Waals surface area contributed by atoms with Crippen LogP contribution in [0.25, 0.3) is 22.2 Å². The van der Waals surface area contributed by atoms with Gasteiger partial charge in [0.25, 0.3) is 0 Å². The van der Waals surface area contributed by atoms with Crippen LogP contribution in [0.5, 0.6) is 0 Å². The Kier molecular flexibility index (Phi) is 4.51. The molecule has 4 rings (SSSR count). The van der Waals surface area contributed by atoms with Crippen LogP contribution in [0.3, 0.4) is 0 Å². The Hall–Kier alpha value is -2.61. The van der Waals surface area contributed by atoms with E-state index >= 15 is 0 Å². The second-order valence-electron chi connectivity index (χ2n) is 8.51. The zero-order chi connectivity index (χ0) is 19.0. The Morgan fingerprint density at radius 3 is 2.67 bits per heavy atom. The Bertz CT molecular complexity index is 1040. The van der Waals surface area contributed by atoms with Crippen molar-refractivity contribution < 1.29 is 0 Å². The Morgan fingerprint density at radius 2 is 1.89 bits per heavy atom. The van der Waals surface area contributed by atoms with Gasteiger partial charge in [0.05, 0.1) is 17.4 Å². The molecule has 0 saturated carbocycles. The van der Waals surface area contributed by atoms with E-state index in [9.17, 15) is 0 Å². The topological polar surface area (TPSA) is 17.8 Å².